The molecule has 0 atom stereocenters. The van der Waals surface area contributed by atoms with E-state index in [0.29, 0.717) is 33.1 Å². The van der Waals surface area contributed by atoms with Crippen molar-refractivity contribution in [1.29, 1.82) is 0 Å². The zero-order chi connectivity index (χ0) is 32.0. The van der Waals surface area contributed by atoms with Gasteiger partial charge in [0, 0.05) is 16.5 Å². The molecule has 10 heteroatoms. The average molecular weight is 674 g/mol. The maximum atomic E-state index is 12.7. The van der Waals surface area contributed by atoms with E-state index in [1.54, 1.807) is 54.4 Å². The molecule has 1 saturated carbocycles. The van der Waals surface area contributed by atoms with Gasteiger partial charge in [-0.2, -0.15) is 0 Å². The molecule has 1 amide bonds. The smallest absolute Gasteiger partial charge is 0.337 e. The molecule has 0 spiro atoms. The van der Waals surface area contributed by atoms with Crippen molar-refractivity contribution in [3.8, 4) is 17.2 Å². The van der Waals surface area contributed by atoms with Gasteiger partial charge in [-0.3, -0.25) is 9.52 Å². The molecule has 46 heavy (non-hydrogen) atoms. The first kappa shape index (κ1) is 31.8. The fraction of sp³-hybridized carbons (Fsp3) is 0.167. The van der Waals surface area contributed by atoms with Crippen LogP contribution in [0.25, 0.3) is 10.8 Å². The summed E-state index contributed by atoms with van der Waals surface area (Å²) in [4.78, 5) is 25.2. The Morgan fingerprint density at radius 3 is 2.13 bits per heavy atom. The number of anilines is 1. The van der Waals surface area contributed by atoms with Crippen LogP contribution in [-0.2, 0) is 0 Å². The van der Waals surface area contributed by atoms with Crippen LogP contribution in [0, 0.1) is 0 Å². The van der Waals surface area contributed by atoms with Gasteiger partial charge >= 0.3 is 5.97 Å². The molecule has 6 rings (SSSR count). The summed E-state index contributed by atoms with van der Waals surface area (Å²) in [6.07, 6.45) is 4.17. The number of halogens is 2. The molecule has 0 unspecified atom stereocenters. The van der Waals surface area contributed by atoms with Crippen LogP contribution in [0.3, 0.4) is 0 Å². The minimum Gasteiger partial charge on any atom is -0.490 e. The van der Waals surface area contributed by atoms with Crippen molar-refractivity contribution in [3.05, 3.63) is 124 Å². The molecule has 5 aromatic rings. The maximum absolute atomic E-state index is 12.7. The summed E-state index contributed by atoms with van der Waals surface area (Å²) >= 11 is 13.7. The van der Waals surface area contributed by atoms with Gasteiger partial charge in [0.25, 0.3) is 5.91 Å². The van der Waals surface area contributed by atoms with E-state index in [9.17, 15) is 14.7 Å². The van der Waals surface area contributed by atoms with Gasteiger partial charge < -0.3 is 19.9 Å². The molecule has 1 fully saturated rings. The first-order valence-electron chi connectivity index (χ1n) is 14.8. The zero-order valence-electron chi connectivity index (χ0n) is 24.5. The van der Waals surface area contributed by atoms with E-state index in [1.807, 2.05) is 48.5 Å². The second-order valence-electron chi connectivity index (χ2n) is 11.0. The Morgan fingerprint density at radius 1 is 0.739 bits per heavy atom. The molecule has 0 radical (unpaired) electrons. The molecule has 0 aliphatic heterocycles. The molecule has 0 bridgehead atoms. The number of amides is 1. The standard InChI is InChI=1S/C36H30Cl2N2O5S/c37-32-18-17-30(21-33(32)38)46-40-25-9-15-27(16-10-25)45-29-14-8-23-19-28(13-7-24(23)20-29)44-26-11-5-22(6-12-26)35(41)39-34-4-2-1-3-31(34)36(42)43/h1-8,11-14,17-21,25,27,40H,9-10,15-16H2,(H,39,41)(H,42,43). The number of nitrogens with one attached hydrogen (secondary N) is 2. The fourth-order valence-electron chi connectivity index (χ4n) is 5.30. The number of hydrogen-bond donors (Lipinski definition) is 3. The van der Waals surface area contributed by atoms with E-state index >= 15 is 0 Å². The Balaban J connectivity index is 1.00. The Labute approximate surface area is 281 Å². The predicted octanol–water partition coefficient (Wildman–Crippen LogP) is 9.88. The third-order valence-electron chi connectivity index (χ3n) is 7.75. The van der Waals surface area contributed by atoms with Crippen molar-refractivity contribution in [1.82, 2.24) is 4.72 Å². The molecule has 7 nitrogen and oxygen atoms in total. The summed E-state index contributed by atoms with van der Waals surface area (Å²) in [6, 6.07) is 31.0. The Bertz CT molecular complexity index is 1880. The monoisotopic (exact) mass is 672 g/mol. The molecule has 0 heterocycles. The molecular weight excluding hydrogens is 643 g/mol. The van der Waals surface area contributed by atoms with Crippen molar-refractivity contribution in [2.24, 2.45) is 0 Å². The van der Waals surface area contributed by atoms with Crippen LogP contribution in [0.15, 0.2) is 108 Å². The number of carboxylic acid groups (broad SMARTS) is 1. The first-order chi connectivity index (χ1) is 22.3. The molecule has 0 saturated heterocycles. The highest BCUT2D eigenvalue weighted by molar-refractivity contribution is 7.97. The lowest BCUT2D eigenvalue weighted by atomic mass is 9.93. The van der Waals surface area contributed by atoms with E-state index < -0.39 is 11.9 Å². The van der Waals surface area contributed by atoms with Crippen LogP contribution < -0.4 is 19.5 Å². The summed E-state index contributed by atoms with van der Waals surface area (Å²) in [5.41, 5.74) is 0.644. The van der Waals surface area contributed by atoms with Gasteiger partial charge in [0.15, 0.2) is 0 Å². The second kappa shape index (κ2) is 14.5. The quantitative estimate of drug-likeness (QED) is 0.127. The maximum Gasteiger partial charge on any atom is 0.337 e. The van der Waals surface area contributed by atoms with Gasteiger partial charge in [0.05, 0.1) is 27.4 Å². The highest BCUT2D eigenvalue weighted by Crippen LogP contribution is 2.32. The lowest BCUT2D eigenvalue weighted by molar-refractivity contribution is 0.0698. The summed E-state index contributed by atoms with van der Waals surface area (Å²) in [5.74, 6) is 0.568. The lowest BCUT2D eigenvalue weighted by Crippen LogP contribution is -2.33. The minimum atomic E-state index is -1.11. The van der Waals surface area contributed by atoms with Gasteiger partial charge in [-0.05, 0) is 127 Å². The van der Waals surface area contributed by atoms with Crippen LogP contribution in [0.4, 0.5) is 5.69 Å². The molecule has 1 aliphatic rings. The first-order valence-corrected chi connectivity index (χ1v) is 16.4. The summed E-state index contributed by atoms with van der Waals surface area (Å²) in [5, 5.41) is 15.2. The molecule has 0 aromatic heterocycles. The number of para-hydroxylation sites is 1. The van der Waals surface area contributed by atoms with Crippen molar-refractivity contribution in [2.75, 3.05) is 5.32 Å². The minimum absolute atomic E-state index is 0.0264. The predicted molar refractivity (Wildman–Crippen MR) is 184 cm³/mol. The van der Waals surface area contributed by atoms with E-state index in [-0.39, 0.29) is 17.4 Å². The Hall–Kier alpha value is -4.21. The molecule has 1 aliphatic carbocycles. The highest BCUT2D eigenvalue weighted by atomic mass is 35.5. The number of rotatable bonds is 10. The number of benzene rings is 5. The Kier molecular flexibility index (Phi) is 10.00. The molecule has 5 aromatic carbocycles. The molecule has 234 valence electrons. The van der Waals surface area contributed by atoms with Gasteiger partial charge in [-0.15, -0.1) is 0 Å². The number of ether oxygens (including phenoxy) is 2. The highest BCUT2D eigenvalue weighted by Gasteiger charge is 2.23. The van der Waals surface area contributed by atoms with Crippen LogP contribution in [0.2, 0.25) is 10.0 Å². The van der Waals surface area contributed by atoms with Gasteiger partial charge in [0.1, 0.15) is 17.2 Å². The van der Waals surface area contributed by atoms with Crippen molar-refractivity contribution in [2.45, 2.75) is 42.7 Å². The third-order valence-corrected chi connectivity index (χ3v) is 9.43. The summed E-state index contributed by atoms with van der Waals surface area (Å²) in [7, 11) is 0. The number of hydrogen-bond acceptors (Lipinski definition) is 6. The molecule has 3 N–H and O–H groups in total. The van der Waals surface area contributed by atoms with Gasteiger partial charge in [-0.25, -0.2) is 4.79 Å². The van der Waals surface area contributed by atoms with Gasteiger partial charge in [0.2, 0.25) is 0 Å². The van der Waals surface area contributed by atoms with Crippen LogP contribution in [0.1, 0.15) is 46.4 Å². The van der Waals surface area contributed by atoms with E-state index in [0.717, 1.165) is 47.1 Å². The normalized spacial score (nSPS) is 16.1. The van der Waals surface area contributed by atoms with Crippen LogP contribution in [-0.4, -0.2) is 29.1 Å². The number of aromatic carboxylic acids is 1. The molecular formula is C36H30Cl2N2O5S. The van der Waals surface area contributed by atoms with Crippen molar-refractivity contribution in [3.63, 3.8) is 0 Å². The van der Waals surface area contributed by atoms with Gasteiger partial charge in [-0.1, -0.05) is 47.5 Å². The van der Waals surface area contributed by atoms with E-state index in [4.69, 9.17) is 32.7 Å². The number of carbonyl (C=O) groups is 2. The third kappa shape index (κ3) is 7.95. The largest absolute Gasteiger partial charge is 0.490 e. The van der Waals surface area contributed by atoms with E-state index in [1.165, 1.54) is 6.07 Å². The number of fused-ring (bicyclic) bond motifs is 1. The van der Waals surface area contributed by atoms with Crippen molar-refractivity contribution >= 4 is 63.5 Å². The SMILES string of the molecule is O=C(Nc1ccccc1C(=O)O)c1ccc(Oc2ccc3cc(OC4CCC(NSc5ccc(Cl)c(Cl)c5)CC4)ccc3c2)cc1. The zero-order valence-corrected chi connectivity index (χ0v) is 26.9. The Morgan fingerprint density at radius 2 is 1.41 bits per heavy atom. The fourth-order valence-corrected chi connectivity index (χ4v) is 6.52. The van der Waals surface area contributed by atoms with Crippen molar-refractivity contribution < 1.29 is 24.2 Å². The summed E-state index contributed by atoms with van der Waals surface area (Å²) in [6.45, 7) is 0. The second-order valence-corrected chi connectivity index (χ2v) is 12.7. The van der Waals surface area contributed by atoms with Crippen LogP contribution in [0.5, 0.6) is 17.2 Å². The van der Waals surface area contributed by atoms with E-state index in [2.05, 4.69) is 16.1 Å². The topological polar surface area (TPSA) is 96.9 Å². The number of carbonyl (C=O) groups excluding carboxylic acids is 1. The van der Waals surface area contributed by atoms with Crippen LogP contribution >= 0.6 is 35.1 Å². The average Bonchev–Trinajstić information content (AvgIpc) is 3.06. The number of carboxylic acids is 1. The summed E-state index contributed by atoms with van der Waals surface area (Å²) < 4.78 is 16.0. The lowest BCUT2D eigenvalue weighted by Gasteiger charge is -2.29.